The highest BCUT2D eigenvalue weighted by atomic mass is 16.4. The van der Waals surface area contributed by atoms with Crippen LogP contribution < -0.4 is 11.1 Å². The van der Waals surface area contributed by atoms with Gasteiger partial charge in [-0.3, -0.25) is 4.79 Å². The summed E-state index contributed by atoms with van der Waals surface area (Å²) in [6, 6.07) is 5.86. The van der Waals surface area contributed by atoms with Gasteiger partial charge < -0.3 is 16.2 Å². The fourth-order valence-corrected chi connectivity index (χ4v) is 1.98. The van der Waals surface area contributed by atoms with Crippen molar-refractivity contribution in [2.45, 2.75) is 31.8 Å². The van der Waals surface area contributed by atoms with Crippen LogP contribution in [0.25, 0.3) is 0 Å². The van der Waals surface area contributed by atoms with Crippen LogP contribution in [-0.4, -0.2) is 23.0 Å². The molecule has 102 valence electrons. The second-order valence-corrected chi connectivity index (χ2v) is 5.02. The van der Waals surface area contributed by atoms with Crippen LogP contribution in [-0.2, 0) is 4.79 Å². The monoisotopic (exact) mass is 262 g/mol. The number of carbonyl (C=O) groups excluding carboxylic acids is 1. The molecule has 5 nitrogen and oxygen atoms in total. The second kappa shape index (κ2) is 5.40. The molecule has 0 bridgehead atoms. The third-order valence-electron chi connectivity index (χ3n) is 3.45. The standard InChI is InChI=1S/C14H18N2O3/c1-8(16-13(17)12(15)10-4-5-10)9-2-6-11(7-3-9)14(18)19/h2-3,6-8,10,12H,4-5,15H2,1H3,(H,16,17)(H,18,19)/t8-,12?/m1/s1. The molecule has 1 saturated carbocycles. The van der Waals surface area contributed by atoms with E-state index in [0.29, 0.717) is 5.92 Å². The van der Waals surface area contributed by atoms with Crippen molar-refractivity contribution in [1.82, 2.24) is 5.32 Å². The van der Waals surface area contributed by atoms with Gasteiger partial charge in [0.15, 0.2) is 0 Å². The number of aromatic carboxylic acids is 1. The van der Waals surface area contributed by atoms with Gasteiger partial charge in [0.2, 0.25) is 5.91 Å². The smallest absolute Gasteiger partial charge is 0.335 e. The molecule has 0 radical (unpaired) electrons. The summed E-state index contributed by atoms with van der Waals surface area (Å²) in [5.74, 6) is -0.780. The van der Waals surface area contributed by atoms with E-state index in [4.69, 9.17) is 10.8 Å². The molecule has 0 aliphatic heterocycles. The summed E-state index contributed by atoms with van der Waals surface area (Å²) in [5.41, 5.74) is 6.92. The zero-order valence-corrected chi connectivity index (χ0v) is 10.8. The molecule has 1 aliphatic rings. The minimum atomic E-state index is -0.959. The SMILES string of the molecule is C[C@@H](NC(=O)C(N)C1CC1)c1ccc(C(=O)O)cc1. The molecule has 1 fully saturated rings. The zero-order valence-electron chi connectivity index (χ0n) is 10.8. The minimum Gasteiger partial charge on any atom is -0.478 e. The number of carboxylic acid groups (broad SMARTS) is 1. The lowest BCUT2D eigenvalue weighted by Crippen LogP contribution is -2.42. The predicted molar refractivity (Wildman–Crippen MR) is 70.7 cm³/mol. The van der Waals surface area contributed by atoms with E-state index in [1.807, 2.05) is 6.92 Å². The zero-order chi connectivity index (χ0) is 14.0. The van der Waals surface area contributed by atoms with Crippen LogP contribution in [0.1, 0.15) is 41.7 Å². The molecular weight excluding hydrogens is 244 g/mol. The van der Waals surface area contributed by atoms with E-state index in [1.54, 1.807) is 12.1 Å². The highest BCUT2D eigenvalue weighted by Gasteiger charge is 2.33. The van der Waals surface area contributed by atoms with E-state index >= 15 is 0 Å². The Hall–Kier alpha value is -1.88. The number of hydrogen-bond donors (Lipinski definition) is 3. The number of carbonyl (C=O) groups is 2. The number of hydrogen-bond acceptors (Lipinski definition) is 3. The summed E-state index contributed by atoms with van der Waals surface area (Å²) in [7, 11) is 0. The van der Waals surface area contributed by atoms with Gasteiger partial charge in [-0.25, -0.2) is 4.79 Å². The second-order valence-electron chi connectivity index (χ2n) is 5.02. The number of amides is 1. The summed E-state index contributed by atoms with van der Waals surface area (Å²) < 4.78 is 0. The normalized spacial score (nSPS) is 17.6. The van der Waals surface area contributed by atoms with Gasteiger partial charge >= 0.3 is 5.97 Å². The third-order valence-corrected chi connectivity index (χ3v) is 3.45. The third kappa shape index (κ3) is 3.32. The van der Waals surface area contributed by atoms with Crippen LogP contribution >= 0.6 is 0 Å². The Bertz CT molecular complexity index is 480. The molecule has 0 spiro atoms. The van der Waals surface area contributed by atoms with Crippen LogP contribution in [0.3, 0.4) is 0 Å². The number of nitrogens with two attached hydrogens (primary N) is 1. The van der Waals surface area contributed by atoms with Crippen molar-refractivity contribution < 1.29 is 14.7 Å². The molecule has 1 amide bonds. The van der Waals surface area contributed by atoms with Crippen LogP contribution in [0.15, 0.2) is 24.3 Å². The summed E-state index contributed by atoms with van der Waals surface area (Å²) in [6.07, 6.45) is 2.05. The van der Waals surface area contributed by atoms with Crippen LogP contribution in [0.5, 0.6) is 0 Å². The predicted octanol–water partition coefficient (Wildman–Crippen LogP) is 1.30. The Morgan fingerprint density at radius 3 is 2.37 bits per heavy atom. The van der Waals surface area contributed by atoms with Crippen molar-refractivity contribution in [1.29, 1.82) is 0 Å². The molecule has 0 aromatic heterocycles. The summed E-state index contributed by atoms with van der Waals surface area (Å²) in [4.78, 5) is 22.6. The average Bonchev–Trinajstić information content (AvgIpc) is 3.22. The maximum absolute atomic E-state index is 11.9. The maximum atomic E-state index is 11.9. The average molecular weight is 262 g/mol. The van der Waals surface area contributed by atoms with E-state index in [9.17, 15) is 9.59 Å². The van der Waals surface area contributed by atoms with Crippen molar-refractivity contribution >= 4 is 11.9 Å². The van der Waals surface area contributed by atoms with E-state index in [2.05, 4.69) is 5.32 Å². The van der Waals surface area contributed by atoms with Gasteiger partial charge in [0.25, 0.3) is 0 Å². The summed E-state index contributed by atoms with van der Waals surface area (Å²) in [5, 5.41) is 11.7. The van der Waals surface area contributed by atoms with Crippen molar-refractivity contribution in [2.75, 3.05) is 0 Å². The Morgan fingerprint density at radius 1 is 1.32 bits per heavy atom. The number of benzene rings is 1. The van der Waals surface area contributed by atoms with E-state index < -0.39 is 12.0 Å². The molecule has 0 saturated heterocycles. The molecule has 2 rings (SSSR count). The molecule has 1 aromatic rings. The first-order valence-corrected chi connectivity index (χ1v) is 6.38. The first-order valence-electron chi connectivity index (χ1n) is 6.38. The molecule has 1 aromatic carbocycles. The van der Waals surface area contributed by atoms with Crippen LogP contribution in [0.2, 0.25) is 0 Å². The van der Waals surface area contributed by atoms with Gasteiger partial charge in [-0.15, -0.1) is 0 Å². The quantitative estimate of drug-likeness (QED) is 0.745. The van der Waals surface area contributed by atoms with Gasteiger partial charge in [-0.1, -0.05) is 12.1 Å². The minimum absolute atomic E-state index is 0.141. The van der Waals surface area contributed by atoms with Crippen LogP contribution in [0.4, 0.5) is 0 Å². The molecule has 0 heterocycles. The van der Waals surface area contributed by atoms with Gasteiger partial charge in [0.1, 0.15) is 0 Å². The first-order chi connectivity index (χ1) is 8.99. The Labute approximate surface area is 111 Å². The Kier molecular flexibility index (Phi) is 3.85. The lowest BCUT2D eigenvalue weighted by atomic mass is 10.1. The maximum Gasteiger partial charge on any atom is 0.335 e. The highest BCUT2D eigenvalue weighted by Crippen LogP contribution is 2.31. The molecule has 2 atom stereocenters. The summed E-state index contributed by atoms with van der Waals surface area (Å²) >= 11 is 0. The Morgan fingerprint density at radius 2 is 1.89 bits per heavy atom. The molecule has 5 heteroatoms. The lowest BCUT2D eigenvalue weighted by Gasteiger charge is -2.17. The summed E-state index contributed by atoms with van der Waals surface area (Å²) in [6.45, 7) is 1.85. The number of carboxylic acids is 1. The van der Waals surface area contributed by atoms with Crippen molar-refractivity contribution in [3.63, 3.8) is 0 Å². The Balaban J connectivity index is 1.96. The van der Waals surface area contributed by atoms with Crippen molar-refractivity contribution in [3.8, 4) is 0 Å². The first kappa shape index (κ1) is 13.5. The van der Waals surface area contributed by atoms with E-state index in [0.717, 1.165) is 18.4 Å². The number of rotatable bonds is 5. The fourth-order valence-electron chi connectivity index (χ4n) is 1.98. The van der Waals surface area contributed by atoms with Gasteiger partial charge in [0, 0.05) is 0 Å². The molecule has 1 aliphatic carbocycles. The number of nitrogens with one attached hydrogen (secondary N) is 1. The molecule has 4 N–H and O–H groups in total. The van der Waals surface area contributed by atoms with Crippen molar-refractivity contribution in [3.05, 3.63) is 35.4 Å². The molecule has 1 unspecified atom stereocenters. The fraction of sp³-hybridized carbons (Fsp3) is 0.429. The highest BCUT2D eigenvalue weighted by molar-refractivity contribution is 5.87. The van der Waals surface area contributed by atoms with E-state index in [-0.39, 0.29) is 17.5 Å². The van der Waals surface area contributed by atoms with Crippen LogP contribution in [0, 0.1) is 5.92 Å². The molecular formula is C14H18N2O3. The van der Waals surface area contributed by atoms with E-state index in [1.165, 1.54) is 12.1 Å². The van der Waals surface area contributed by atoms with Gasteiger partial charge in [0.05, 0.1) is 17.6 Å². The molecule has 19 heavy (non-hydrogen) atoms. The van der Waals surface area contributed by atoms with Gasteiger partial charge in [-0.2, -0.15) is 0 Å². The largest absolute Gasteiger partial charge is 0.478 e. The topological polar surface area (TPSA) is 92.4 Å². The van der Waals surface area contributed by atoms with Gasteiger partial charge in [-0.05, 0) is 43.4 Å². The van der Waals surface area contributed by atoms with Crippen molar-refractivity contribution in [2.24, 2.45) is 11.7 Å². The lowest BCUT2D eigenvalue weighted by molar-refractivity contribution is -0.123.